The smallest absolute Gasteiger partial charge is 0.0645 e. The van der Waals surface area contributed by atoms with Gasteiger partial charge in [-0.2, -0.15) is 5.10 Å². The van der Waals surface area contributed by atoms with Crippen LogP contribution in [0.15, 0.2) is 42.7 Å². The summed E-state index contributed by atoms with van der Waals surface area (Å²) in [5.41, 5.74) is 2.31. The monoisotopic (exact) mass is 214 g/mol. The summed E-state index contributed by atoms with van der Waals surface area (Å²) in [7, 11) is 0. The number of benzene rings is 1. The zero-order valence-corrected chi connectivity index (χ0v) is 8.95. The molecule has 0 radical (unpaired) electrons. The summed E-state index contributed by atoms with van der Waals surface area (Å²) in [4.78, 5) is 0. The van der Waals surface area contributed by atoms with Crippen molar-refractivity contribution in [2.24, 2.45) is 0 Å². The molecule has 2 aromatic rings. The predicted molar refractivity (Wildman–Crippen MR) is 61.5 cm³/mol. The lowest BCUT2D eigenvalue weighted by Gasteiger charge is -2.30. The van der Waals surface area contributed by atoms with Crippen molar-refractivity contribution in [1.29, 1.82) is 0 Å². The average Bonchev–Trinajstić information content (AvgIpc) is 2.75. The molecule has 1 aromatic carbocycles. The zero-order valence-electron chi connectivity index (χ0n) is 8.95. The summed E-state index contributed by atoms with van der Waals surface area (Å²) in [6.45, 7) is 0. The fourth-order valence-electron chi connectivity index (χ4n) is 2.13. The van der Waals surface area contributed by atoms with E-state index in [1.165, 1.54) is 5.56 Å². The van der Waals surface area contributed by atoms with Crippen LogP contribution in [0.3, 0.4) is 0 Å². The van der Waals surface area contributed by atoms with Crippen molar-refractivity contribution in [1.82, 2.24) is 9.78 Å². The maximum Gasteiger partial charge on any atom is 0.0645 e. The molecule has 82 valence electrons. The first kappa shape index (κ1) is 9.60. The first-order valence-electron chi connectivity index (χ1n) is 5.61. The lowest BCUT2D eigenvalue weighted by atomic mass is 9.79. The molecule has 3 heteroatoms. The van der Waals surface area contributed by atoms with Gasteiger partial charge in [0.25, 0.3) is 0 Å². The Labute approximate surface area is 94.3 Å². The van der Waals surface area contributed by atoms with Crippen LogP contribution in [0.2, 0.25) is 0 Å². The summed E-state index contributed by atoms with van der Waals surface area (Å²) in [5, 5.41) is 13.6. The lowest BCUT2D eigenvalue weighted by molar-refractivity contribution is 0.0746. The number of rotatable bonds is 2. The summed E-state index contributed by atoms with van der Waals surface area (Å²) >= 11 is 0. The van der Waals surface area contributed by atoms with Gasteiger partial charge in [-0.3, -0.25) is 0 Å². The summed E-state index contributed by atoms with van der Waals surface area (Å²) in [6.07, 6.45) is 5.61. The van der Waals surface area contributed by atoms with Crippen LogP contribution in [0.1, 0.15) is 24.3 Å². The van der Waals surface area contributed by atoms with E-state index in [1.54, 1.807) is 0 Å². The van der Waals surface area contributed by atoms with Crippen LogP contribution in [0, 0.1) is 0 Å². The minimum absolute atomic E-state index is 0.106. The van der Waals surface area contributed by atoms with Gasteiger partial charge >= 0.3 is 0 Å². The van der Waals surface area contributed by atoms with E-state index in [9.17, 15) is 5.11 Å². The second-order valence-corrected chi connectivity index (χ2v) is 4.38. The molecule has 1 N–H and O–H groups in total. The van der Waals surface area contributed by atoms with Gasteiger partial charge in [-0.15, -0.1) is 0 Å². The largest absolute Gasteiger partial charge is 0.393 e. The Morgan fingerprint density at radius 1 is 1.19 bits per heavy atom. The van der Waals surface area contributed by atoms with E-state index in [0.717, 1.165) is 18.5 Å². The van der Waals surface area contributed by atoms with Gasteiger partial charge in [0.15, 0.2) is 0 Å². The molecule has 1 aliphatic carbocycles. The normalized spacial score (nSPS) is 24.1. The van der Waals surface area contributed by atoms with Gasteiger partial charge in [0.2, 0.25) is 0 Å². The highest BCUT2D eigenvalue weighted by molar-refractivity contribution is 5.31. The third kappa shape index (κ3) is 1.63. The highest BCUT2D eigenvalue weighted by Crippen LogP contribution is 2.36. The third-order valence-electron chi connectivity index (χ3n) is 3.21. The molecule has 1 aliphatic rings. The van der Waals surface area contributed by atoms with E-state index in [2.05, 4.69) is 11.3 Å². The molecular formula is C13H14N2O. The third-order valence-corrected chi connectivity index (χ3v) is 3.21. The Kier molecular flexibility index (Phi) is 2.26. The molecule has 0 unspecified atom stereocenters. The number of nitrogens with zero attached hydrogens (tertiary/aromatic N) is 2. The van der Waals surface area contributed by atoms with Crippen molar-refractivity contribution in [2.75, 3.05) is 0 Å². The molecule has 1 saturated carbocycles. The van der Waals surface area contributed by atoms with Crippen LogP contribution in [0.4, 0.5) is 0 Å². The molecule has 0 bridgehead atoms. The van der Waals surface area contributed by atoms with Crippen LogP contribution >= 0.6 is 0 Å². The summed E-state index contributed by atoms with van der Waals surface area (Å²) < 4.78 is 1.89. The number of aliphatic hydroxyl groups is 1. The van der Waals surface area contributed by atoms with E-state index in [-0.39, 0.29) is 6.10 Å². The van der Waals surface area contributed by atoms with Crippen LogP contribution in [0.5, 0.6) is 0 Å². The Morgan fingerprint density at radius 3 is 2.62 bits per heavy atom. The predicted octanol–water partition coefficient (Wildman–Crippen LogP) is 2.11. The number of aromatic nitrogens is 2. The molecule has 1 heterocycles. The number of aliphatic hydroxyl groups excluding tert-OH is 1. The van der Waals surface area contributed by atoms with E-state index < -0.39 is 0 Å². The minimum atomic E-state index is -0.106. The fraction of sp³-hybridized carbons (Fsp3) is 0.308. The topological polar surface area (TPSA) is 38.1 Å². The highest BCUT2D eigenvalue weighted by atomic mass is 16.3. The Morgan fingerprint density at radius 2 is 1.94 bits per heavy atom. The standard InChI is InChI=1S/C13H14N2O/c16-13-6-10(7-13)11-8-14-15(9-11)12-4-2-1-3-5-12/h1-5,8-10,13,16H,6-7H2. The molecule has 1 aromatic heterocycles. The number of hydrogen-bond donors (Lipinski definition) is 1. The van der Waals surface area contributed by atoms with Crippen molar-refractivity contribution in [3.05, 3.63) is 48.3 Å². The van der Waals surface area contributed by atoms with E-state index >= 15 is 0 Å². The summed E-state index contributed by atoms with van der Waals surface area (Å²) in [6, 6.07) is 10.1. The molecule has 0 spiro atoms. The summed E-state index contributed by atoms with van der Waals surface area (Å²) in [5.74, 6) is 0.493. The Balaban J connectivity index is 1.83. The van der Waals surface area contributed by atoms with Crippen molar-refractivity contribution in [3.8, 4) is 5.69 Å². The molecule has 0 saturated heterocycles. The molecule has 0 atom stereocenters. The number of hydrogen-bond acceptors (Lipinski definition) is 2. The lowest BCUT2D eigenvalue weighted by Crippen LogP contribution is -2.26. The van der Waals surface area contributed by atoms with Crippen LogP contribution in [-0.4, -0.2) is 21.0 Å². The molecule has 3 nitrogen and oxygen atoms in total. The molecule has 0 aliphatic heterocycles. The fourth-order valence-corrected chi connectivity index (χ4v) is 2.13. The maximum absolute atomic E-state index is 9.28. The van der Waals surface area contributed by atoms with Gasteiger partial charge in [0.05, 0.1) is 18.0 Å². The van der Waals surface area contributed by atoms with Gasteiger partial charge in [-0.05, 0) is 36.5 Å². The quantitative estimate of drug-likeness (QED) is 0.831. The SMILES string of the molecule is OC1CC(c2cnn(-c3ccccc3)c2)C1. The number of para-hydroxylation sites is 1. The van der Waals surface area contributed by atoms with Crippen LogP contribution in [0.25, 0.3) is 5.69 Å². The Hall–Kier alpha value is -1.61. The molecule has 0 amide bonds. The van der Waals surface area contributed by atoms with Crippen molar-refractivity contribution in [2.45, 2.75) is 24.9 Å². The van der Waals surface area contributed by atoms with Crippen molar-refractivity contribution in [3.63, 3.8) is 0 Å². The van der Waals surface area contributed by atoms with Crippen molar-refractivity contribution < 1.29 is 5.11 Å². The maximum atomic E-state index is 9.28. The zero-order chi connectivity index (χ0) is 11.0. The highest BCUT2D eigenvalue weighted by Gasteiger charge is 2.29. The van der Waals surface area contributed by atoms with Gasteiger partial charge < -0.3 is 5.11 Å². The Bertz CT molecular complexity index is 472. The van der Waals surface area contributed by atoms with Crippen molar-refractivity contribution >= 4 is 0 Å². The van der Waals surface area contributed by atoms with Crippen LogP contribution < -0.4 is 0 Å². The van der Waals surface area contributed by atoms with Crippen LogP contribution in [-0.2, 0) is 0 Å². The van der Waals surface area contributed by atoms with E-state index in [4.69, 9.17) is 0 Å². The van der Waals surface area contributed by atoms with E-state index in [0.29, 0.717) is 5.92 Å². The van der Waals surface area contributed by atoms with Gasteiger partial charge in [-0.25, -0.2) is 4.68 Å². The first-order valence-corrected chi connectivity index (χ1v) is 5.61. The van der Waals surface area contributed by atoms with E-state index in [1.807, 2.05) is 41.2 Å². The second kappa shape index (κ2) is 3.76. The van der Waals surface area contributed by atoms with Gasteiger partial charge in [0, 0.05) is 6.20 Å². The molecule has 1 fully saturated rings. The molecule has 16 heavy (non-hydrogen) atoms. The molecular weight excluding hydrogens is 200 g/mol. The second-order valence-electron chi connectivity index (χ2n) is 4.38. The van der Waals surface area contributed by atoms with Gasteiger partial charge in [-0.1, -0.05) is 18.2 Å². The first-order chi connectivity index (χ1) is 7.83. The minimum Gasteiger partial charge on any atom is -0.393 e. The average molecular weight is 214 g/mol. The van der Waals surface area contributed by atoms with Gasteiger partial charge in [0.1, 0.15) is 0 Å². The molecule has 3 rings (SSSR count).